The van der Waals surface area contributed by atoms with Gasteiger partial charge in [-0.2, -0.15) is 5.10 Å². The first kappa shape index (κ1) is 18.0. The van der Waals surface area contributed by atoms with Gasteiger partial charge in [0, 0.05) is 48.6 Å². The van der Waals surface area contributed by atoms with E-state index in [1.165, 1.54) is 16.3 Å². The van der Waals surface area contributed by atoms with E-state index in [1.807, 2.05) is 29.1 Å². The summed E-state index contributed by atoms with van der Waals surface area (Å²) in [5.74, 6) is 0.177. The van der Waals surface area contributed by atoms with Crippen LogP contribution < -0.4 is 10.9 Å². The first-order valence-electron chi connectivity index (χ1n) is 8.17. The predicted molar refractivity (Wildman–Crippen MR) is 103 cm³/mol. The third kappa shape index (κ3) is 4.23. The van der Waals surface area contributed by atoms with E-state index in [0.29, 0.717) is 6.54 Å². The predicted octanol–water partition coefficient (Wildman–Crippen LogP) is 2.14. The third-order valence-corrected chi connectivity index (χ3v) is 5.01. The van der Waals surface area contributed by atoms with Gasteiger partial charge in [-0.1, -0.05) is 30.3 Å². The summed E-state index contributed by atoms with van der Waals surface area (Å²) in [4.78, 5) is 24.3. The van der Waals surface area contributed by atoms with Gasteiger partial charge in [0.25, 0.3) is 5.56 Å². The molecule has 0 saturated heterocycles. The zero-order chi connectivity index (χ0) is 18.5. The van der Waals surface area contributed by atoms with Gasteiger partial charge in [-0.15, -0.1) is 11.8 Å². The minimum absolute atomic E-state index is 0.0820. The lowest BCUT2D eigenvalue weighted by molar-refractivity contribution is -0.118. The van der Waals surface area contributed by atoms with E-state index >= 15 is 0 Å². The lowest BCUT2D eigenvalue weighted by Gasteiger charge is -2.09. The van der Waals surface area contributed by atoms with Crippen LogP contribution in [0.4, 0.5) is 0 Å². The first-order chi connectivity index (χ1) is 12.6. The lowest BCUT2D eigenvalue weighted by atomic mass is 10.1. The Bertz CT molecular complexity index is 963. The number of amides is 1. The molecule has 3 aromatic rings. The molecule has 0 saturated carbocycles. The molecule has 0 fully saturated rings. The highest BCUT2D eigenvalue weighted by molar-refractivity contribution is 8.00. The van der Waals surface area contributed by atoms with Crippen molar-refractivity contribution in [3.63, 3.8) is 0 Å². The minimum atomic E-state index is -0.107. The van der Waals surface area contributed by atoms with Gasteiger partial charge < -0.3 is 9.88 Å². The fraction of sp³-hybridized carbons (Fsp3) is 0.211. The Morgan fingerprint density at radius 1 is 1.23 bits per heavy atom. The molecule has 7 heteroatoms. The Morgan fingerprint density at radius 2 is 2.00 bits per heavy atom. The van der Waals surface area contributed by atoms with E-state index < -0.39 is 0 Å². The van der Waals surface area contributed by atoms with E-state index in [-0.39, 0.29) is 17.2 Å². The Kier molecular flexibility index (Phi) is 5.58. The molecule has 1 amide bonds. The first-order valence-corrected chi connectivity index (χ1v) is 9.16. The van der Waals surface area contributed by atoms with E-state index in [4.69, 9.17) is 0 Å². The number of rotatable bonds is 6. The molecule has 2 aromatic heterocycles. The number of nitrogens with zero attached hydrogens (tertiary/aromatic N) is 3. The zero-order valence-electron chi connectivity index (χ0n) is 14.7. The molecule has 6 nitrogen and oxygen atoms in total. The summed E-state index contributed by atoms with van der Waals surface area (Å²) in [6.07, 6.45) is 5.53. The van der Waals surface area contributed by atoms with Crippen LogP contribution in [0, 0.1) is 0 Å². The molecule has 0 atom stereocenters. The van der Waals surface area contributed by atoms with E-state index in [0.717, 1.165) is 21.6 Å². The maximum atomic E-state index is 12.0. The summed E-state index contributed by atoms with van der Waals surface area (Å²) in [7, 11) is 3.31. The number of thioether (sulfide) groups is 1. The van der Waals surface area contributed by atoms with Crippen LogP contribution in [0.15, 0.2) is 64.7 Å². The second-order valence-electron chi connectivity index (χ2n) is 5.87. The molecule has 0 aliphatic heterocycles. The molecule has 1 aromatic carbocycles. The van der Waals surface area contributed by atoms with Crippen LogP contribution in [0.5, 0.6) is 0 Å². The average Bonchev–Trinajstić information content (AvgIpc) is 3.11. The minimum Gasteiger partial charge on any atom is -0.358 e. The number of aryl methyl sites for hydroxylation is 1. The summed E-state index contributed by atoms with van der Waals surface area (Å²) in [5.41, 5.74) is 2.86. The number of carbonyl (C=O) groups is 1. The molecule has 0 spiro atoms. The summed E-state index contributed by atoms with van der Waals surface area (Å²) in [6, 6.07) is 11.7. The van der Waals surface area contributed by atoms with Crippen LogP contribution in [0.2, 0.25) is 0 Å². The fourth-order valence-electron chi connectivity index (χ4n) is 2.52. The molecular formula is C19H20N4O2S. The maximum Gasteiger partial charge on any atom is 0.251 e. The Balaban J connectivity index is 1.89. The van der Waals surface area contributed by atoms with Crippen molar-refractivity contribution in [1.82, 2.24) is 19.7 Å². The number of aromatic nitrogens is 3. The highest BCUT2D eigenvalue weighted by Crippen LogP contribution is 2.30. The second kappa shape index (κ2) is 8.05. The van der Waals surface area contributed by atoms with Crippen molar-refractivity contribution < 1.29 is 4.79 Å². The number of hydrogen-bond donors (Lipinski definition) is 1. The molecule has 2 heterocycles. The highest BCUT2D eigenvalue weighted by Gasteiger charge is 2.12. The zero-order valence-corrected chi connectivity index (χ0v) is 15.5. The molecule has 0 aliphatic carbocycles. The van der Waals surface area contributed by atoms with Gasteiger partial charge in [-0.05, 0) is 5.56 Å². The van der Waals surface area contributed by atoms with Crippen LogP contribution >= 0.6 is 11.8 Å². The Hall–Kier alpha value is -2.80. The topological polar surface area (TPSA) is 68.9 Å². The smallest absolute Gasteiger partial charge is 0.251 e. The van der Waals surface area contributed by atoms with Crippen LogP contribution in [0.3, 0.4) is 0 Å². The standard InChI is InChI=1S/C19H20N4O2S/c1-20-18(24)13-26-17-8-19(25)22(2)12-16(17)15-9-21-23(11-15)10-14-6-4-3-5-7-14/h3-9,11-12H,10,13H2,1-2H3,(H,20,24). The van der Waals surface area contributed by atoms with Crippen LogP contribution in [-0.2, 0) is 18.4 Å². The van der Waals surface area contributed by atoms with Gasteiger partial charge in [0.05, 0.1) is 18.5 Å². The number of nitrogens with one attached hydrogen (secondary N) is 1. The van der Waals surface area contributed by atoms with Gasteiger partial charge in [0.15, 0.2) is 0 Å². The summed E-state index contributed by atoms with van der Waals surface area (Å²) < 4.78 is 3.40. The van der Waals surface area contributed by atoms with E-state index in [2.05, 4.69) is 22.5 Å². The van der Waals surface area contributed by atoms with Crippen LogP contribution in [-0.4, -0.2) is 33.1 Å². The molecule has 0 radical (unpaired) electrons. The molecule has 0 unspecified atom stereocenters. The van der Waals surface area contributed by atoms with Crippen LogP contribution in [0.25, 0.3) is 11.1 Å². The fourth-order valence-corrected chi connectivity index (χ4v) is 3.47. The van der Waals surface area contributed by atoms with Crippen molar-refractivity contribution in [2.24, 2.45) is 7.05 Å². The van der Waals surface area contributed by atoms with Crippen molar-refractivity contribution in [3.8, 4) is 11.1 Å². The van der Waals surface area contributed by atoms with E-state index in [9.17, 15) is 9.59 Å². The van der Waals surface area contributed by atoms with Crippen molar-refractivity contribution in [1.29, 1.82) is 0 Å². The monoisotopic (exact) mass is 368 g/mol. The maximum absolute atomic E-state index is 12.0. The van der Waals surface area contributed by atoms with Gasteiger partial charge in [-0.3, -0.25) is 14.3 Å². The summed E-state index contributed by atoms with van der Waals surface area (Å²) in [6.45, 7) is 0.674. The number of benzene rings is 1. The molecule has 3 rings (SSSR count). The Labute approximate surface area is 155 Å². The molecular weight excluding hydrogens is 348 g/mol. The molecule has 134 valence electrons. The van der Waals surface area contributed by atoms with Crippen molar-refractivity contribution >= 4 is 17.7 Å². The number of hydrogen-bond acceptors (Lipinski definition) is 4. The highest BCUT2D eigenvalue weighted by atomic mass is 32.2. The number of pyridine rings is 1. The summed E-state index contributed by atoms with van der Waals surface area (Å²) in [5, 5.41) is 7.03. The van der Waals surface area contributed by atoms with Gasteiger partial charge >= 0.3 is 0 Å². The molecule has 26 heavy (non-hydrogen) atoms. The second-order valence-corrected chi connectivity index (χ2v) is 6.89. The SMILES string of the molecule is CNC(=O)CSc1cc(=O)n(C)cc1-c1cnn(Cc2ccccc2)c1. The summed E-state index contributed by atoms with van der Waals surface area (Å²) >= 11 is 1.35. The van der Waals surface area contributed by atoms with Gasteiger partial charge in [0.1, 0.15) is 0 Å². The molecule has 0 bridgehead atoms. The Morgan fingerprint density at radius 3 is 2.73 bits per heavy atom. The molecule has 0 aliphatic rings. The van der Waals surface area contributed by atoms with Crippen molar-refractivity contribution in [2.75, 3.05) is 12.8 Å². The third-order valence-electron chi connectivity index (χ3n) is 3.96. The van der Waals surface area contributed by atoms with Crippen molar-refractivity contribution in [2.45, 2.75) is 11.4 Å². The largest absolute Gasteiger partial charge is 0.358 e. The normalized spacial score (nSPS) is 10.7. The average molecular weight is 368 g/mol. The van der Waals surface area contributed by atoms with E-state index in [1.54, 1.807) is 32.6 Å². The van der Waals surface area contributed by atoms with Gasteiger partial charge in [0.2, 0.25) is 5.91 Å². The lowest BCUT2D eigenvalue weighted by Crippen LogP contribution is -2.20. The quantitative estimate of drug-likeness (QED) is 0.677. The van der Waals surface area contributed by atoms with Gasteiger partial charge in [-0.25, -0.2) is 0 Å². The number of carbonyl (C=O) groups excluding carboxylic acids is 1. The molecule has 1 N–H and O–H groups in total. The van der Waals surface area contributed by atoms with Crippen LogP contribution in [0.1, 0.15) is 5.56 Å². The van der Waals surface area contributed by atoms with Crippen molar-refractivity contribution in [3.05, 3.63) is 70.9 Å².